The van der Waals surface area contributed by atoms with Crippen LogP contribution in [0.3, 0.4) is 0 Å². The summed E-state index contributed by atoms with van der Waals surface area (Å²) in [6.07, 6.45) is 3.17. The molecule has 22 heavy (non-hydrogen) atoms. The van der Waals surface area contributed by atoms with Crippen LogP contribution in [-0.4, -0.2) is 48.8 Å². The van der Waals surface area contributed by atoms with Crippen LogP contribution in [-0.2, 0) is 18.3 Å². The first-order valence-electron chi connectivity index (χ1n) is 8.22. The second-order valence-electron chi connectivity index (χ2n) is 6.00. The summed E-state index contributed by atoms with van der Waals surface area (Å²) in [6.45, 7) is 10.4. The molecular formula is C17H32N4O. The van der Waals surface area contributed by atoms with Gasteiger partial charge in [-0.05, 0) is 31.4 Å². The predicted molar refractivity (Wildman–Crippen MR) is 93.1 cm³/mol. The van der Waals surface area contributed by atoms with Crippen molar-refractivity contribution in [2.24, 2.45) is 18.0 Å². The molecule has 1 aromatic rings. The Balaban J connectivity index is 2.42. The maximum Gasteiger partial charge on any atom is 0.194 e. The third-order valence-corrected chi connectivity index (χ3v) is 3.48. The lowest BCUT2D eigenvalue weighted by atomic mass is 10.1. The van der Waals surface area contributed by atoms with E-state index < -0.39 is 0 Å². The van der Waals surface area contributed by atoms with Gasteiger partial charge in [0.1, 0.15) is 0 Å². The van der Waals surface area contributed by atoms with Gasteiger partial charge in [0, 0.05) is 39.1 Å². The van der Waals surface area contributed by atoms with Crippen LogP contribution in [0.2, 0.25) is 0 Å². The zero-order valence-corrected chi connectivity index (χ0v) is 14.8. The highest BCUT2D eigenvalue weighted by Gasteiger charge is 2.07. The Hall–Kier alpha value is -1.49. The average molecular weight is 308 g/mol. The van der Waals surface area contributed by atoms with Crippen molar-refractivity contribution in [2.75, 3.05) is 33.4 Å². The summed E-state index contributed by atoms with van der Waals surface area (Å²) in [5, 5.41) is 3.33. The SMILES string of the molecule is CCNC(=NCCOCCC(C)C)N(C)Cc1cccn1C. The zero-order valence-electron chi connectivity index (χ0n) is 14.8. The van der Waals surface area contributed by atoms with Crippen LogP contribution in [0.1, 0.15) is 32.9 Å². The minimum atomic E-state index is 0.680. The molecule has 0 saturated carbocycles. The van der Waals surface area contributed by atoms with Crippen LogP contribution >= 0.6 is 0 Å². The highest BCUT2D eigenvalue weighted by atomic mass is 16.5. The number of nitrogens with zero attached hydrogens (tertiary/aromatic N) is 3. The Morgan fingerprint density at radius 2 is 2.18 bits per heavy atom. The van der Waals surface area contributed by atoms with Crippen molar-refractivity contribution >= 4 is 5.96 Å². The molecule has 0 atom stereocenters. The van der Waals surface area contributed by atoms with E-state index in [1.54, 1.807) is 0 Å². The maximum atomic E-state index is 5.62. The molecule has 0 amide bonds. The summed E-state index contributed by atoms with van der Waals surface area (Å²) in [7, 11) is 4.13. The molecule has 0 aliphatic rings. The Morgan fingerprint density at radius 1 is 1.41 bits per heavy atom. The lowest BCUT2D eigenvalue weighted by Crippen LogP contribution is -2.39. The maximum absolute atomic E-state index is 5.62. The van der Waals surface area contributed by atoms with Gasteiger partial charge in [-0.3, -0.25) is 4.99 Å². The number of hydrogen-bond donors (Lipinski definition) is 1. The monoisotopic (exact) mass is 308 g/mol. The molecule has 0 aromatic carbocycles. The Bertz CT molecular complexity index is 440. The second-order valence-corrected chi connectivity index (χ2v) is 6.00. The number of hydrogen-bond acceptors (Lipinski definition) is 2. The van der Waals surface area contributed by atoms with Gasteiger partial charge in [-0.25, -0.2) is 0 Å². The van der Waals surface area contributed by atoms with Gasteiger partial charge in [-0.1, -0.05) is 13.8 Å². The molecule has 1 N–H and O–H groups in total. The molecule has 1 rings (SSSR count). The molecular weight excluding hydrogens is 276 g/mol. The minimum Gasteiger partial charge on any atom is -0.380 e. The van der Waals surface area contributed by atoms with E-state index >= 15 is 0 Å². The Labute approximate surface area is 135 Å². The average Bonchev–Trinajstić information content (AvgIpc) is 2.86. The lowest BCUT2D eigenvalue weighted by Gasteiger charge is -2.22. The largest absolute Gasteiger partial charge is 0.380 e. The topological polar surface area (TPSA) is 41.8 Å². The first-order valence-corrected chi connectivity index (χ1v) is 8.22. The van der Waals surface area contributed by atoms with E-state index in [1.807, 2.05) is 0 Å². The van der Waals surface area contributed by atoms with E-state index in [0.717, 1.165) is 32.1 Å². The fourth-order valence-electron chi connectivity index (χ4n) is 2.09. The number of guanidine groups is 1. The summed E-state index contributed by atoms with van der Waals surface area (Å²) < 4.78 is 7.75. The molecule has 0 fully saturated rings. The fourth-order valence-corrected chi connectivity index (χ4v) is 2.09. The van der Waals surface area contributed by atoms with E-state index in [9.17, 15) is 0 Å². The van der Waals surface area contributed by atoms with Crippen LogP contribution in [0.4, 0.5) is 0 Å². The van der Waals surface area contributed by atoms with E-state index in [2.05, 4.69) is 73.0 Å². The molecule has 0 bridgehead atoms. The second kappa shape index (κ2) is 10.3. The molecule has 0 aliphatic heterocycles. The molecule has 126 valence electrons. The lowest BCUT2D eigenvalue weighted by molar-refractivity contribution is 0.130. The molecule has 1 aromatic heterocycles. The molecule has 0 radical (unpaired) electrons. The van der Waals surface area contributed by atoms with E-state index in [-0.39, 0.29) is 0 Å². The number of aromatic nitrogens is 1. The standard InChI is InChI=1S/C17H32N4O/c1-6-18-17(19-10-13-22-12-9-15(2)3)21(5)14-16-8-7-11-20(16)4/h7-8,11,15H,6,9-10,12-14H2,1-5H3,(H,18,19). The van der Waals surface area contributed by atoms with Crippen LogP contribution in [0, 0.1) is 5.92 Å². The first-order chi connectivity index (χ1) is 10.5. The van der Waals surface area contributed by atoms with Gasteiger partial charge in [0.15, 0.2) is 5.96 Å². The van der Waals surface area contributed by atoms with Crippen LogP contribution < -0.4 is 5.32 Å². The normalized spacial score (nSPS) is 12.0. The van der Waals surface area contributed by atoms with Gasteiger partial charge >= 0.3 is 0 Å². The molecule has 0 aliphatic carbocycles. The van der Waals surface area contributed by atoms with Crippen molar-refractivity contribution in [3.63, 3.8) is 0 Å². The summed E-state index contributed by atoms with van der Waals surface area (Å²) >= 11 is 0. The van der Waals surface area contributed by atoms with Gasteiger partial charge in [-0.15, -0.1) is 0 Å². The molecule has 1 heterocycles. The number of aryl methyl sites for hydroxylation is 1. The third-order valence-electron chi connectivity index (χ3n) is 3.48. The molecule has 0 saturated heterocycles. The van der Waals surface area contributed by atoms with E-state index in [4.69, 9.17) is 4.74 Å². The fraction of sp³-hybridized carbons (Fsp3) is 0.706. The Morgan fingerprint density at radius 3 is 2.77 bits per heavy atom. The van der Waals surface area contributed by atoms with Crippen LogP contribution in [0.25, 0.3) is 0 Å². The molecule has 0 unspecified atom stereocenters. The van der Waals surface area contributed by atoms with Crippen LogP contribution in [0.5, 0.6) is 0 Å². The number of aliphatic imine (C=N–C) groups is 1. The smallest absolute Gasteiger partial charge is 0.194 e. The summed E-state index contributed by atoms with van der Waals surface area (Å²) in [4.78, 5) is 6.78. The van der Waals surface area contributed by atoms with Gasteiger partial charge in [-0.2, -0.15) is 0 Å². The summed E-state index contributed by atoms with van der Waals surface area (Å²) in [5.41, 5.74) is 1.27. The highest BCUT2D eigenvalue weighted by molar-refractivity contribution is 5.79. The molecule has 5 heteroatoms. The number of ether oxygens (including phenoxy) is 1. The van der Waals surface area contributed by atoms with E-state index in [1.165, 1.54) is 5.69 Å². The van der Waals surface area contributed by atoms with Gasteiger partial charge in [0.2, 0.25) is 0 Å². The van der Waals surface area contributed by atoms with Gasteiger partial charge in [0.05, 0.1) is 19.7 Å². The quantitative estimate of drug-likeness (QED) is 0.433. The van der Waals surface area contributed by atoms with E-state index in [0.29, 0.717) is 19.1 Å². The predicted octanol–water partition coefficient (Wildman–Crippen LogP) is 2.49. The van der Waals surface area contributed by atoms with Crippen molar-refractivity contribution in [2.45, 2.75) is 33.7 Å². The minimum absolute atomic E-state index is 0.680. The van der Waals surface area contributed by atoms with Crippen molar-refractivity contribution in [1.82, 2.24) is 14.8 Å². The van der Waals surface area contributed by atoms with Crippen molar-refractivity contribution in [3.8, 4) is 0 Å². The molecule has 5 nitrogen and oxygen atoms in total. The number of rotatable bonds is 9. The molecule has 0 spiro atoms. The summed E-state index contributed by atoms with van der Waals surface area (Å²) in [5.74, 6) is 1.62. The van der Waals surface area contributed by atoms with Crippen molar-refractivity contribution in [3.05, 3.63) is 24.0 Å². The van der Waals surface area contributed by atoms with Crippen molar-refractivity contribution in [1.29, 1.82) is 0 Å². The zero-order chi connectivity index (χ0) is 16.4. The van der Waals surface area contributed by atoms with Gasteiger partial charge in [0.25, 0.3) is 0 Å². The first kappa shape index (κ1) is 18.6. The summed E-state index contributed by atoms with van der Waals surface area (Å²) in [6, 6.07) is 4.20. The number of nitrogens with one attached hydrogen (secondary N) is 1. The van der Waals surface area contributed by atoms with Gasteiger partial charge < -0.3 is 19.5 Å². The third kappa shape index (κ3) is 6.98. The van der Waals surface area contributed by atoms with Crippen LogP contribution in [0.15, 0.2) is 23.3 Å². The highest BCUT2D eigenvalue weighted by Crippen LogP contribution is 2.04. The Kier molecular flexibility index (Phi) is 8.67. The van der Waals surface area contributed by atoms with Crippen molar-refractivity contribution < 1.29 is 4.74 Å².